The lowest BCUT2D eigenvalue weighted by Gasteiger charge is -2.10. The van der Waals surface area contributed by atoms with E-state index in [1.165, 1.54) is 7.11 Å². The summed E-state index contributed by atoms with van der Waals surface area (Å²) in [7, 11) is 1.22. The molecular formula is C13H16N2O4S. The van der Waals surface area contributed by atoms with E-state index in [1.54, 1.807) is 24.3 Å². The second-order valence-corrected chi connectivity index (χ2v) is 4.86. The highest BCUT2D eigenvalue weighted by molar-refractivity contribution is 8.14. The van der Waals surface area contributed by atoms with Gasteiger partial charge in [-0.1, -0.05) is 42.1 Å². The molecule has 7 heteroatoms. The van der Waals surface area contributed by atoms with E-state index in [9.17, 15) is 14.4 Å². The summed E-state index contributed by atoms with van der Waals surface area (Å²) >= 11 is 0.965. The number of hydrogen-bond acceptors (Lipinski definition) is 6. The molecule has 0 bridgehead atoms. The molecule has 1 unspecified atom stereocenters. The number of benzene rings is 1. The standard InChI is InChI=1S/C13H16N2O4S/c1-19-11(16)7-15-12(17)10(14)8-20-13(18)9-5-3-2-4-6-9/h2-6,10H,7-8,14H2,1H3,(H,15,17). The third-order valence-corrected chi connectivity index (χ3v) is 3.40. The summed E-state index contributed by atoms with van der Waals surface area (Å²) in [5.41, 5.74) is 6.19. The van der Waals surface area contributed by atoms with Gasteiger partial charge in [0.15, 0.2) is 0 Å². The zero-order chi connectivity index (χ0) is 15.0. The average molecular weight is 296 g/mol. The van der Waals surface area contributed by atoms with Crippen LogP contribution in [-0.4, -0.2) is 42.4 Å². The van der Waals surface area contributed by atoms with Crippen LogP contribution in [0, 0.1) is 0 Å². The minimum atomic E-state index is -0.864. The number of nitrogens with two attached hydrogens (primary N) is 1. The number of carbonyl (C=O) groups is 3. The number of ether oxygens (including phenoxy) is 1. The van der Waals surface area contributed by atoms with Crippen LogP contribution < -0.4 is 11.1 Å². The summed E-state index contributed by atoms with van der Waals surface area (Å²) in [5, 5.41) is 2.18. The molecule has 0 radical (unpaired) electrons. The summed E-state index contributed by atoms with van der Waals surface area (Å²) in [6.07, 6.45) is 0. The van der Waals surface area contributed by atoms with Gasteiger partial charge in [0.25, 0.3) is 0 Å². The van der Waals surface area contributed by atoms with Gasteiger partial charge < -0.3 is 15.8 Å². The zero-order valence-electron chi connectivity index (χ0n) is 11.0. The normalized spacial score (nSPS) is 11.5. The number of methoxy groups -OCH3 is 1. The van der Waals surface area contributed by atoms with Crippen molar-refractivity contribution >= 4 is 28.8 Å². The summed E-state index contributed by atoms with van der Waals surface area (Å²) in [6, 6.07) is 7.86. The van der Waals surface area contributed by atoms with Crippen LogP contribution in [0.25, 0.3) is 0 Å². The van der Waals surface area contributed by atoms with Crippen LogP contribution in [0.15, 0.2) is 30.3 Å². The topological polar surface area (TPSA) is 98.5 Å². The second kappa shape index (κ2) is 8.34. The monoisotopic (exact) mass is 296 g/mol. The van der Waals surface area contributed by atoms with Gasteiger partial charge >= 0.3 is 5.97 Å². The van der Waals surface area contributed by atoms with Crippen LogP contribution in [0.1, 0.15) is 10.4 Å². The van der Waals surface area contributed by atoms with Gasteiger partial charge in [0.2, 0.25) is 11.0 Å². The zero-order valence-corrected chi connectivity index (χ0v) is 11.8. The first kappa shape index (κ1) is 16.2. The number of rotatable bonds is 6. The van der Waals surface area contributed by atoms with E-state index in [1.807, 2.05) is 6.07 Å². The van der Waals surface area contributed by atoms with Crippen molar-refractivity contribution < 1.29 is 19.1 Å². The van der Waals surface area contributed by atoms with E-state index in [-0.39, 0.29) is 17.4 Å². The third kappa shape index (κ3) is 5.41. The lowest BCUT2D eigenvalue weighted by atomic mass is 10.2. The molecule has 6 nitrogen and oxygen atoms in total. The molecule has 20 heavy (non-hydrogen) atoms. The van der Waals surface area contributed by atoms with Crippen LogP contribution in [0.3, 0.4) is 0 Å². The molecule has 3 N–H and O–H groups in total. The minimum absolute atomic E-state index is 0.140. The molecule has 0 aromatic heterocycles. The number of thioether (sulfide) groups is 1. The Morgan fingerprint density at radius 1 is 1.30 bits per heavy atom. The molecule has 108 valence electrons. The Morgan fingerprint density at radius 2 is 1.95 bits per heavy atom. The van der Waals surface area contributed by atoms with Crippen molar-refractivity contribution in [3.8, 4) is 0 Å². The van der Waals surface area contributed by atoms with E-state index in [4.69, 9.17) is 5.73 Å². The predicted octanol–water partition coefficient (Wildman–Crippen LogP) is 0.177. The van der Waals surface area contributed by atoms with E-state index in [0.717, 1.165) is 11.8 Å². The Hall–Kier alpha value is -1.86. The fourth-order valence-corrected chi connectivity index (χ4v) is 2.05. The molecule has 1 amide bonds. The molecule has 1 atom stereocenters. The van der Waals surface area contributed by atoms with Crippen LogP contribution in [-0.2, 0) is 14.3 Å². The second-order valence-electron chi connectivity index (χ2n) is 3.86. The van der Waals surface area contributed by atoms with Crippen molar-refractivity contribution in [2.45, 2.75) is 6.04 Å². The molecule has 0 aliphatic heterocycles. The van der Waals surface area contributed by atoms with Crippen molar-refractivity contribution in [2.24, 2.45) is 5.73 Å². The number of nitrogens with one attached hydrogen (secondary N) is 1. The molecule has 0 aliphatic rings. The van der Waals surface area contributed by atoms with Crippen LogP contribution in [0.2, 0.25) is 0 Å². The van der Waals surface area contributed by atoms with E-state index < -0.39 is 17.9 Å². The molecular weight excluding hydrogens is 280 g/mol. The summed E-state index contributed by atoms with van der Waals surface area (Å²) < 4.78 is 4.38. The van der Waals surface area contributed by atoms with Crippen LogP contribution in [0.5, 0.6) is 0 Å². The first-order chi connectivity index (χ1) is 9.54. The Kier molecular flexibility index (Phi) is 6.75. The number of hydrogen-bond donors (Lipinski definition) is 2. The smallest absolute Gasteiger partial charge is 0.325 e. The van der Waals surface area contributed by atoms with E-state index in [0.29, 0.717) is 5.56 Å². The molecule has 0 spiro atoms. The van der Waals surface area contributed by atoms with Gasteiger partial charge in [-0.2, -0.15) is 0 Å². The quantitative estimate of drug-likeness (QED) is 0.726. The Balaban J connectivity index is 2.35. The van der Waals surface area contributed by atoms with Crippen molar-refractivity contribution in [2.75, 3.05) is 19.4 Å². The fourth-order valence-electron chi connectivity index (χ4n) is 1.26. The first-order valence-corrected chi connectivity index (χ1v) is 6.85. The Bertz CT molecular complexity index is 479. The lowest BCUT2D eigenvalue weighted by molar-refractivity contribution is -0.141. The number of esters is 1. The molecule has 1 aromatic rings. The average Bonchev–Trinajstić information content (AvgIpc) is 2.50. The lowest BCUT2D eigenvalue weighted by Crippen LogP contribution is -2.44. The van der Waals surface area contributed by atoms with Gasteiger partial charge in [0.05, 0.1) is 13.2 Å². The predicted molar refractivity (Wildman–Crippen MR) is 76.2 cm³/mol. The van der Waals surface area contributed by atoms with Gasteiger partial charge in [-0.25, -0.2) is 0 Å². The van der Waals surface area contributed by atoms with E-state index >= 15 is 0 Å². The van der Waals surface area contributed by atoms with Crippen molar-refractivity contribution in [1.82, 2.24) is 5.32 Å². The fraction of sp³-hybridized carbons (Fsp3) is 0.308. The molecule has 1 aromatic carbocycles. The summed E-state index contributed by atoms with van der Waals surface area (Å²) in [4.78, 5) is 34.2. The molecule has 1 rings (SSSR count). The van der Waals surface area contributed by atoms with Crippen molar-refractivity contribution in [1.29, 1.82) is 0 Å². The van der Waals surface area contributed by atoms with Gasteiger partial charge in [-0.05, 0) is 0 Å². The molecule has 0 saturated heterocycles. The van der Waals surface area contributed by atoms with Crippen LogP contribution in [0.4, 0.5) is 0 Å². The maximum atomic E-state index is 11.8. The van der Waals surface area contributed by atoms with Crippen molar-refractivity contribution in [3.05, 3.63) is 35.9 Å². The summed E-state index contributed by atoms with van der Waals surface area (Å²) in [6.45, 7) is -0.236. The van der Waals surface area contributed by atoms with Gasteiger partial charge in [0, 0.05) is 11.3 Å². The van der Waals surface area contributed by atoms with Gasteiger partial charge in [-0.15, -0.1) is 0 Å². The Morgan fingerprint density at radius 3 is 2.55 bits per heavy atom. The highest BCUT2D eigenvalue weighted by Gasteiger charge is 2.17. The minimum Gasteiger partial charge on any atom is -0.468 e. The molecule has 0 fully saturated rings. The first-order valence-electron chi connectivity index (χ1n) is 5.87. The molecule has 0 heterocycles. The highest BCUT2D eigenvalue weighted by Crippen LogP contribution is 2.12. The van der Waals surface area contributed by atoms with E-state index in [2.05, 4.69) is 10.1 Å². The molecule has 0 aliphatic carbocycles. The van der Waals surface area contributed by atoms with Gasteiger partial charge in [0.1, 0.15) is 6.54 Å². The maximum Gasteiger partial charge on any atom is 0.325 e. The SMILES string of the molecule is COC(=O)CNC(=O)C(N)CSC(=O)c1ccccc1. The number of carbonyl (C=O) groups excluding carboxylic acids is 3. The van der Waals surface area contributed by atoms with Crippen LogP contribution >= 0.6 is 11.8 Å². The highest BCUT2D eigenvalue weighted by atomic mass is 32.2. The van der Waals surface area contributed by atoms with Gasteiger partial charge in [-0.3, -0.25) is 14.4 Å². The number of amides is 1. The molecule has 0 saturated carbocycles. The Labute approximate surface area is 121 Å². The maximum absolute atomic E-state index is 11.8. The summed E-state index contributed by atoms with van der Waals surface area (Å²) in [5.74, 6) is -0.914. The third-order valence-electron chi connectivity index (χ3n) is 2.37. The van der Waals surface area contributed by atoms with Crippen molar-refractivity contribution in [3.63, 3.8) is 0 Å². The largest absolute Gasteiger partial charge is 0.468 e.